The lowest BCUT2D eigenvalue weighted by molar-refractivity contribution is 0.0460. The van der Waals surface area contributed by atoms with Crippen LogP contribution in [0.3, 0.4) is 0 Å². The molecule has 0 unspecified atom stereocenters. The molecule has 0 spiro atoms. The Kier molecular flexibility index (Phi) is 3.79. The fourth-order valence-electron chi connectivity index (χ4n) is 1.48. The fraction of sp³-hybridized carbons (Fsp3) is 0.308. The second kappa shape index (κ2) is 5.51. The largest absolute Gasteiger partial charge is 0.454 e. The lowest BCUT2D eigenvalue weighted by Gasteiger charge is -2.04. The van der Waals surface area contributed by atoms with Crippen LogP contribution in [0.4, 0.5) is 5.69 Å². The number of rotatable bonds is 4. The van der Waals surface area contributed by atoms with Crippen LogP contribution in [0.25, 0.3) is 0 Å². The Bertz CT molecular complexity index is 560. The van der Waals surface area contributed by atoms with Gasteiger partial charge in [0.2, 0.25) is 0 Å². The van der Waals surface area contributed by atoms with Gasteiger partial charge in [0.25, 0.3) is 0 Å². The summed E-state index contributed by atoms with van der Waals surface area (Å²) < 4.78 is 6.94. The van der Waals surface area contributed by atoms with Gasteiger partial charge in [-0.2, -0.15) is 5.10 Å². The molecule has 6 heteroatoms. The topological polar surface area (TPSA) is 83.0 Å². The van der Waals surface area contributed by atoms with E-state index in [1.165, 1.54) is 12.3 Å². The highest BCUT2D eigenvalue weighted by Gasteiger charge is 2.10. The number of nitrogens with two attached hydrogens (primary N) is 1. The van der Waals surface area contributed by atoms with E-state index in [2.05, 4.69) is 10.1 Å². The molecule has 0 bridgehead atoms. The van der Waals surface area contributed by atoms with E-state index >= 15 is 0 Å². The van der Waals surface area contributed by atoms with E-state index in [1.807, 2.05) is 30.8 Å². The van der Waals surface area contributed by atoms with Gasteiger partial charge in [0.05, 0.1) is 17.6 Å². The van der Waals surface area contributed by atoms with Gasteiger partial charge >= 0.3 is 5.97 Å². The first-order valence-electron chi connectivity index (χ1n) is 5.99. The van der Waals surface area contributed by atoms with Crippen LogP contribution in [0.15, 0.2) is 30.6 Å². The van der Waals surface area contributed by atoms with Gasteiger partial charge in [0.1, 0.15) is 12.3 Å². The lowest BCUT2D eigenvalue weighted by Crippen LogP contribution is -2.08. The smallest absolute Gasteiger partial charge is 0.357 e. The average molecular weight is 260 g/mol. The van der Waals surface area contributed by atoms with Crippen molar-refractivity contribution < 1.29 is 9.53 Å². The van der Waals surface area contributed by atoms with Gasteiger partial charge < -0.3 is 10.5 Å². The van der Waals surface area contributed by atoms with E-state index in [9.17, 15) is 4.79 Å². The number of nitrogens with zero attached hydrogens (tertiary/aromatic N) is 3. The van der Waals surface area contributed by atoms with Crippen molar-refractivity contribution in [3.05, 3.63) is 42.0 Å². The minimum atomic E-state index is -0.487. The van der Waals surface area contributed by atoms with Crippen LogP contribution in [-0.4, -0.2) is 20.7 Å². The Hall–Kier alpha value is -2.37. The van der Waals surface area contributed by atoms with Crippen LogP contribution in [0.5, 0.6) is 0 Å². The Labute approximate surface area is 111 Å². The van der Waals surface area contributed by atoms with Gasteiger partial charge in [0, 0.05) is 12.2 Å². The van der Waals surface area contributed by atoms with Crippen molar-refractivity contribution in [2.45, 2.75) is 26.5 Å². The number of esters is 1. The summed E-state index contributed by atoms with van der Waals surface area (Å²) in [6.45, 7) is 4.19. The van der Waals surface area contributed by atoms with Gasteiger partial charge in [-0.05, 0) is 32.0 Å². The number of nitrogen functional groups attached to an aromatic ring is 1. The molecule has 0 aliphatic carbocycles. The molecule has 2 heterocycles. The van der Waals surface area contributed by atoms with Crippen molar-refractivity contribution in [3.8, 4) is 0 Å². The zero-order valence-electron chi connectivity index (χ0n) is 10.9. The van der Waals surface area contributed by atoms with Gasteiger partial charge in [-0.25, -0.2) is 9.78 Å². The first-order chi connectivity index (χ1) is 9.06. The SMILES string of the molecule is CC(C)n1ccc(COC(=O)c2ccc(N)cn2)n1. The van der Waals surface area contributed by atoms with Gasteiger partial charge in [0.15, 0.2) is 0 Å². The van der Waals surface area contributed by atoms with E-state index < -0.39 is 5.97 Å². The summed E-state index contributed by atoms with van der Waals surface area (Å²) >= 11 is 0. The third-order valence-electron chi connectivity index (χ3n) is 2.54. The fourth-order valence-corrected chi connectivity index (χ4v) is 1.48. The van der Waals surface area contributed by atoms with E-state index in [4.69, 9.17) is 10.5 Å². The highest BCUT2D eigenvalue weighted by Crippen LogP contribution is 2.07. The van der Waals surface area contributed by atoms with Gasteiger partial charge in [-0.1, -0.05) is 0 Å². The molecule has 2 N–H and O–H groups in total. The molecule has 0 aliphatic heterocycles. The zero-order valence-corrected chi connectivity index (χ0v) is 10.9. The first-order valence-corrected chi connectivity index (χ1v) is 5.99. The number of hydrogen-bond acceptors (Lipinski definition) is 5. The number of pyridine rings is 1. The van der Waals surface area contributed by atoms with Crippen LogP contribution < -0.4 is 5.73 Å². The normalized spacial score (nSPS) is 10.7. The van der Waals surface area contributed by atoms with Crippen molar-refractivity contribution in [1.82, 2.24) is 14.8 Å². The standard InChI is InChI=1S/C13H16N4O2/c1-9(2)17-6-5-11(16-17)8-19-13(18)12-4-3-10(14)7-15-12/h3-7,9H,8,14H2,1-2H3. The molecule has 0 fully saturated rings. The molecule has 6 nitrogen and oxygen atoms in total. The number of carbonyl (C=O) groups excluding carboxylic acids is 1. The minimum Gasteiger partial charge on any atom is -0.454 e. The van der Waals surface area contributed by atoms with Gasteiger partial charge in [-0.15, -0.1) is 0 Å². The molecular weight excluding hydrogens is 244 g/mol. The van der Waals surface area contributed by atoms with Crippen molar-refractivity contribution in [3.63, 3.8) is 0 Å². The Morgan fingerprint density at radius 1 is 1.42 bits per heavy atom. The summed E-state index contributed by atoms with van der Waals surface area (Å²) in [5, 5.41) is 4.29. The number of hydrogen-bond donors (Lipinski definition) is 1. The highest BCUT2D eigenvalue weighted by atomic mass is 16.5. The van der Waals surface area contributed by atoms with Crippen molar-refractivity contribution in [2.24, 2.45) is 0 Å². The van der Waals surface area contributed by atoms with Crippen molar-refractivity contribution in [2.75, 3.05) is 5.73 Å². The van der Waals surface area contributed by atoms with Crippen LogP contribution in [-0.2, 0) is 11.3 Å². The predicted molar refractivity (Wildman–Crippen MR) is 70.4 cm³/mol. The monoisotopic (exact) mass is 260 g/mol. The molecule has 0 aromatic carbocycles. The summed E-state index contributed by atoms with van der Waals surface area (Å²) in [7, 11) is 0. The molecule has 2 aromatic heterocycles. The Morgan fingerprint density at radius 2 is 2.21 bits per heavy atom. The van der Waals surface area contributed by atoms with Crippen LogP contribution >= 0.6 is 0 Å². The second-order valence-corrected chi connectivity index (χ2v) is 4.43. The van der Waals surface area contributed by atoms with E-state index in [0.717, 1.165) is 0 Å². The van der Waals surface area contributed by atoms with E-state index in [-0.39, 0.29) is 18.3 Å². The summed E-state index contributed by atoms with van der Waals surface area (Å²) in [4.78, 5) is 15.6. The molecule has 2 rings (SSSR count). The van der Waals surface area contributed by atoms with Crippen molar-refractivity contribution >= 4 is 11.7 Å². The Balaban J connectivity index is 1.94. The van der Waals surface area contributed by atoms with Crippen LogP contribution in [0.2, 0.25) is 0 Å². The molecule has 0 saturated heterocycles. The lowest BCUT2D eigenvalue weighted by atomic mass is 10.3. The minimum absolute atomic E-state index is 0.130. The third-order valence-corrected chi connectivity index (χ3v) is 2.54. The zero-order chi connectivity index (χ0) is 13.8. The van der Waals surface area contributed by atoms with Crippen LogP contribution in [0.1, 0.15) is 36.1 Å². The first kappa shape index (κ1) is 13.1. The molecule has 0 saturated carbocycles. The second-order valence-electron chi connectivity index (χ2n) is 4.43. The number of ether oxygens (including phenoxy) is 1. The third kappa shape index (κ3) is 3.31. The van der Waals surface area contributed by atoms with E-state index in [1.54, 1.807) is 6.07 Å². The number of anilines is 1. The molecular formula is C13H16N4O2. The predicted octanol–water partition coefficient (Wildman–Crippen LogP) is 1.80. The number of aromatic nitrogens is 3. The quantitative estimate of drug-likeness (QED) is 0.847. The highest BCUT2D eigenvalue weighted by molar-refractivity contribution is 5.87. The number of carbonyl (C=O) groups is 1. The average Bonchev–Trinajstić information content (AvgIpc) is 2.86. The summed E-state index contributed by atoms with van der Waals surface area (Å²) in [5.41, 5.74) is 6.94. The molecule has 100 valence electrons. The molecule has 0 radical (unpaired) electrons. The van der Waals surface area contributed by atoms with Crippen molar-refractivity contribution in [1.29, 1.82) is 0 Å². The maximum Gasteiger partial charge on any atom is 0.357 e. The molecule has 0 atom stereocenters. The summed E-state index contributed by atoms with van der Waals surface area (Å²) in [5.74, 6) is -0.487. The molecule has 0 aliphatic rings. The van der Waals surface area contributed by atoms with E-state index in [0.29, 0.717) is 11.4 Å². The molecule has 19 heavy (non-hydrogen) atoms. The molecule has 0 amide bonds. The summed E-state index contributed by atoms with van der Waals surface area (Å²) in [6, 6.07) is 5.24. The molecule has 2 aromatic rings. The Morgan fingerprint density at radius 3 is 2.79 bits per heavy atom. The maximum absolute atomic E-state index is 11.7. The summed E-state index contributed by atoms with van der Waals surface area (Å²) in [6.07, 6.45) is 3.28. The van der Waals surface area contributed by atoms with Crippen LogP contribution in [0, 0.1) is 0 Å². The van der Waals surface area contributed by atoms with Gasteiger partial charge in [-0.3, -0.25) is 4.68 Å². The maximum atomic E-state index is 11.7.